The lowest BCUT2D eigenvalue weighted by Crippen LogP contribution is -2.01. The molecule has 0 aliphatic rings. The van der Waals surface area contributed by atoms with Gasteiger partial charge in [0.15, 0.2) is 0 Å². The second-order valence-electron chi connectivity index (χ2n) is 2.38. The van der Waals surface area contributed by atoms with Crippen molar-refractivity contribution in [3.8, 4) is 5.75 Å². The van der Waals surface area contributed by atoms with Crippen LogP contribution in [0.25, 0.3) is 0 Å². The second-order valence-corrected chi connectivity index (χ2v) is 2.76. The molecule has 0 aromatic heterocycles. The minimum atomic E-state index is -1.13. The average molecular weight is 202 g/mol. The Kier molecular flexibility index (Phi) is 2.63. The molecule has 0 fully saturated rings. The van der Waals surface area contributed by atoms with E-state index in [2.05, 4.69) is 0 Å². The van der Waals surface area contributed by atoms with Crippen LogP contribution >= 0.6 is 11.6 Å². The predicted octanol–water partition coefficient (Wildman–Crippen LogP) is 1.63. The molecule has 1 aromatic rings. The maximum atomic E-state index is 10.6. The summed E-state index contributed by atoms with van der Waals surface area (Å²) in [5.41, 5.74) is 5.60. The predicted molar refractivity (Wildman–Crippen MR) is 49.4 cm³/mol. The number of carboxylic acids is 1. The molecule has 1 rings (SSSR count). The van der Waals surface area contributed by atoms with Crippen LogP contribution in [0.1, 0.15) is 10.4 Å². The second kappa shape index (κ2) is 3.53. The number of rotatable bonds is 2. The van der Waals surface area contributed by atoms with Crippen molar-refractivity contribution in [3.63, 3.8) is 0 Å². The Morgan fingerprint density at radius 1 is 1.62 bits per heavy atom. The van der Waals surface area contributed by atoms with Crippen LogP contribution in [0.2, 0.25) is 5.02 Å². The zero-order valence-corrected chi connectivity index (χ0v) is 7.63. The van der Waals surface area contributed by atoms with Crippen molar-refractivity contribution < 1.29 is 14.6 Å². The quantitative estimate of drug-likeness (QED) is 0.714. The van der Waals surface area contributed by atoms with Gasteiger partial charge in [0.1, 0.15) is 5.75 Å². The van der Waals surface area contributed by atoms with E-state index in [0.717, 1.165) is 0 Å². The monoisotopic (exact) mass is 201 g/mol. The highest BCUT2D eigenvalue weighted by atomic mass is 35.5. The number of halogens is 1. The normalized spacial score (nSPS) is 9.69. The van der Waals surface area contributed by atoms with Crippen molar-refractivity contribution >= 4 is 23.3 Å². The van der Waals surface area contributed by atoms with Gasteiger partial charge >= 0.3 is 5.97 Å². The van der Waals surface area contributed by atoms with Gasteiger partial charge in [0.2, 0.25) is 0 Å². The fourth-order valence-corrected chi connectivity index (χ4v) is 1.08. The number of aromatic carboxylic acids is 1. The standard InChI is InChI=1S/C8H8ClNO3/c1-13-4-2-5(8(11)12)7(9)6(10)3-4/h2-3H,10H2,1H3,(H,11,12). The van der Waals surface area contributed by atoms with Gasteiger partial charge in [-0.2, -0.15) is 0 Å². The van der Waals surface area contributed by atoms with Crippen LogP contribution < -0.4 is 10.5 Å². The summed E-state index contributed by atoms with van der Waals surface area (Å²) in [5.74, 6) is -0.755. The maximum Gasteiger partial charge on any atom is 0.337 e. The third-order valence-corrected chi connectivity index (χ3v) is 1.96. The van der Waals surface area contributed by atoms with Crippen LogP contribution in [0.5, 0.6) is 5.75 Å². The zero-order valence-electron chi connectivity index (χ0n) is 6.87. The van der Waals surface area contributed by atoms with Gasteiger partial charge in [0.05, 0.1) is 23.4 Å². The molecule has 70 valence electrons. The Hall–Kier alpha value is -1.42. The van der Waals surface area contributed by atoms with Crippen LogP contribution in [0.3, 0.4) is 0 Å². The van der Waals surface area contributed by atoms with Gasteiger partial charge in [0, 0.05) is 6.07 Å². The molecule has 0 aliphatic carbocycles. The van der Waals surface area contributed by atoms with Crippen LogP contribution in [-0.4, -0.2) is 18.2 Å². The van der Waals surface area contributed by atoms with E-state index in [-0.39, 0.29) is 16.3 Å². The summed E-state index contributed by atoms with van der Waals surface area (Å²) >= 11 is 5.66. The number of benzene rings is 1. The van der Waals surface area contributed by atoms with Crippen molar-refractivity contribution in [2.24, 2.45) is 0 Å². The Labute approximate surface area is 79.9 Å². The molecular formula is C8H8ClNO3. The van der Waals surface area contributed by atoms with Gasteiger partial charge in [-0.25, -0.2) is 4.79 Å². The summed E-state index contributed by atoms with van der Waals surface area (Å²) in [7, 11) is 1.42. The number of hydrogen-bond acceptors (Lipinski definition) is 3. The molecule has 0 saturated heterocycles. The van der Waals surface area contributed by atoms with E-state index in [4.69, 9.17) is 27.2 Å². The fraction of sp³-hybridized carbons (Fsp3) is 0.125. The van der Waals surface area contributed by atoms with Crippen molar-refractivity contribution in [2.75, 3.05) is 12.8 Å². The Morgan fingerprint density at radius 3 is 2.69 bits per heavy atom. The lowest BCUT2D eigenvalue weighted by molar-refractivity contribution is 0.0696. The smallest absolute Gasteiger partial charge is 0.337 e. The van der Waals surface area contributed by atoms with Crippen LogP contribution in [0.15, 0.2) is 12.1 Å². The Bertz CT molecular complexity index is 351. The highest BCUT2D eigenvalue weighted by molar-refractivity contribution is 6.36. The highest BCUT2D eigenvalue weighted by Crippen LogP contribution is 2.28. The van der Waals surface area contributed by atoms with E-state index < -0.39 is 5.97 Å². The first-order valence-electron chi connectivity index (χ1n) is 3.42. The summed E-state index contributed by atoms with van der Waals surface area (Å²) in [6.45, 7) is 0. The van der Waals surface area contributed by atoms with Crippen LogP contribution in [-0.2, 0) is 0 Å². The lowest BCUT2D eigenvalue weighted by atomic mass is 10.2. The third-order valence-electron chi connectivity index (χ3n) is 1.54. The largest absolute Gasteiger partial charge is 0.497 e. The summed E-state index contributed by atoms with van der Waals surface area (Å²) in [4.78, 5) is 10.6. The molecule has 13 heavy (non-hydrogen) atoms. The van der Waals surface area contributed by atoms with E-state index >= 15 is 0 Å². The van der Waals surface area contributed by atoms with Gasteiger partial charge < -0.3 is 15.6 Å². The van der Waals surface area contributed by atoms with Crippen LogP contribution in [0.4, 0.5) is 5.69 Å². The molecule has 4 nitrogen and oxygen atoms in total. The van der Waals surface area contributed by atoms with Crippen molar-refractivity contribution in [2.45, 2.75) is 0 Å². The van der Waals surface area contributed by atoms with E-state index in [0.29, 0.717) is 5.75 Å². The number of nitrogen functional groups attached to an aromatic ring is 1. The topological polar surface area (TPSA) is 72.5 Å². The van der Waals surface area contributed by atoms with E-state index in [1.165, 1.54) is 19.2 Å². The number of anilines is 1. The van der Waals surface area contributed by atoms with Gasteiger partial charge in [-0.1, -0.05) is 11.6 Å². The average Bonchev–Trinajstić information content (AvgIpc) is 2.09. The molecule has 0 spiro atoms. The fourth-order valence-electron chi connectivity index (χ4n) is 0.893. The molecule has 0 saturated carbocycles. The SMILES string of the molecule is COc1cc(N)c(Cl)c(C(=O)O)c1. The number of carbonyl (C=O) groups is 1. The number of methoxy groups -OCH3 is 1. The van der Waals surface area contributed by atoms with Crippen molar-refractivity contribution in [1.29, 1.82) is 0 Å². The summed E-state index contributed by atoms with van der Waals surface area (Å²) in [6, 6.07) is 2.79. The third kappa shape index (κ3) is 1.84. The van der Waals surface area contributed by atoms with Crippen LogP contribution in [0, 0.1) is 0 Å². The van der Waals surface area contributed by atoms with Gasteiger partial charge in [0.25, 0.3) is 0 Å². The highest BCUT2D eigenvalue weighted by Gasteiger charge is 2.12. The summed E-state index contributed by atoms with van der Waals surface area (Å²) < 4.78 is 4.84. The Morgan fingerprint density at radius 2 is 2.23 bits per heavy atom. The minimum absolute atomic E-state index is 0.0355. The van der Waals surface area contributed by atoms with E-state index in [9.17, 15) is 4.79 Å². The number of carboxylic acid groups (broad SMARTS) is 1. The summed E-state index contributed by atoms with van der Waals surface area (Å²) in [5, 5.41) is 8.75. The number of nitrogens with two attached hydrogens (primary N) is 1. The van der Waals surface area contributed by atoms with E-state index in [1.54, 1.807) is 0 Å². The molecule has 0 heterocycles. The van der Waals surface area contributed by atoms with E-state index in [1.807, 2.05) is 0 Å². The Balaban J connectivity index is 3.33. The molecule has 3 N–H and O–H groups in total. The molecule has 0 aliphatic heterocycles. The molecule has 0 bridgehead atoms. The number of hydrogen-bond donors (Lipinski definition) is 2. The summed E-state index contributed by atoms with van der Waals surface area (Å²) in [6.07, 6.45) is 0. The molecule has 5 heteroatoms. The molecule has 0 unspecified atom stereocenters. The first kappa shape index (κ1) is 9.67. The lowest BCUT2D eigenvalue weighted by Gasteiger charge is -2.05. The van der Waals surface area contributed by atoms with Gasteiger partial charge in [-0.3, -0.25) is 0 Å². The maximum absolute atomic E-state index is 10.6. The van der Waals surface area contributed by atoms with Crippen molar-refractivity contribution in [3.05, 3.63) is 22.7 Å². The molecular weight excluding hydrogens is 194 g/mol. The molecule has 1 aromatic carbocycles. The number of ether oxygens (including phenoxy) is 1. The van der Waals surface area contributed by atoms with Gasteiger partial charge in [-0.15, -0.1) is 0 Å². The molecule has 0 amide bonds. The first-order valence-corrected chi connectivity index (χ1v) is 3.80. The van der Waals surface area contributed by atoms with Gasteiger partial charge in [-0.05, 0) is 6.07 Å². The van der Waals surface area contributed by atoms with Crippen molar-refractivity contribution in [1.82, 2.24) is 0 Å². The zero-order chi connectivity index (χ0) is 10.0. The minimum Gasteiger partial charge on any atom is -0.497 e. The molecule has 0 atom stereocenters. The molecule has 0 radical (unpaired) electrons. The first-order chi connectivity index (χ1) is 6.06.